The summed E-state index contributed by atoms with van der Waals surface area (Å²) in [6.07, 6.45) is 9.13. The quantitative estimate of drug-likeness (QED) is 0.346. The number of carbonyl (C=O) groups excluding carboxylic acids is 1. The summed E-state index contributed by atoms with van der Waals surface area (Å²) in [4.78, 5) is 12.4. The minimum atomic E-state index is -3.84. The number of hydrogen-bond donors (Lipinski definition) is 2. The van der Waals surface area contributed by atoms with Crippen molar-refractivity contribution in [3.05, 3.63) is 71.6 Å². The second-order valence-electron chi connectivity index (χ2n) is 9.91. The number of anilines is 1. The fourth-order valence-electron chi connectivity index (χ4n) is 5.08. The van der Waals surface area contributed by atoms with Gasteiger partial charge in [0.2, 0.25) is 5.91 Å². The molecule has 198 valence electrons. The van der Waals surface area contributed by atoms with Gasteiger partial charge in [0.05, 0.1) is 16.6 Å². The van der Waals surface area contributed by atoms with Gasteiger partial charge >= 0.3 is 0 Å². The van der Waals surface area contributed by atoms with Gasteiger partial charge in [0.15, 0.2) is 0 Å². The number of nitrogens with one attached hydrogen (secondary N) is 1. The molecule has 0 saturated heterocycles. The molecule has 9 heteroatoms. The zero-order valence-corrected chi connectivity index (χ0v) is 22.2. The van der Waals surface area contributed by atoms with Crippen LogP contribution in [0.15, 0.2) is 70.2 Å². The predicted octanol–water partition coefficient (Wildman–Crippen LogP) is 5.20. The Bertz CT molecular complexity index is 1270. The third kappa shape index (κ3) is 6.45. The molecule has 1 aliphatic carbocycles. The van der Waals surface area contributed by atoms with Crippen LogP contribution in [0.4, 0.5) is 10.1 Å². The van der Waals surface area contributed by atoms with Gasteiger partial charge in [-0.05, 0) is 72.7 Å². The maximum Gasteiger partial charge on any atom is 0.261 e. The monoisotopic (exact) mass is 526 g/mol. The molecule has 2 aliphatic rings. The lowest BCUT2D eigenvalue weighted by atomic mass is 9.78. The number of unbranched alkanes of at least 4 members (excludes halogenated alkanes) is 2. The van der Waals surface area contributed by atoms with E-state index in [0.29, 0.717) is 18.0 Å². The van der Waals surface area contributed by atoms with Gasteiger partial charge in [-0.2, -0.15) is 5.10 Å². The van der Waals surface area contributed by atoms with Crippen molar-refractivity contribution in [3.8, 4) is 0 Å². The largest absolute Gasteiger partial charge is 0.327 e. The summed E-state index contributed by atoms with van der Waals surface area (Å²) in [6, 6.07) is 11.6. The first-order chi connectivity index (χ1) is 17.7. The number of nitrogens with zero attached hydrogens (tertiary/aromatic N) is 2. The minimum Gasteiger partial charge on any atom is -0.327 e. The standard InChI is InChI=1S/C28H35FN4O3S/c1-3-4-5-6-21-17-22(9-16-26(21)30)28-18-27(31-33(28)19(2)34)20-7-12-24(13-8-20)32-37(35,36)25-14-10-23(29)11-15-25/h7-15,21,26,28,32H,3-6,16-18,30H2,1-2H3. The van der Waals surface area contributed by atoms with Crippen LogP contribution in [0.1, 0.15) is 64.4 Å². The Balaban J connectivity index is 1.46. The summed E-state index contributed by atoms with van der Waals surface area (Å²) < 4.78 is 40.9. The Labute approximate surface area is 218 Å². The van der Waals surface area contributed by atoms with Crippen LogP contribution >= 0.6 is 0 Å². The van der Waals surface area contributed by atoms with E-state index in [0.717, 1.165) is 42.7 Å². The molecule has 0 aromatic heterocycles. The number of hydrogen-bond acceptors (Lipinski definition) is 5. The topological polar surface area (TPSA) is 105 Å². The van der Waals surface area contributed by atoms with Crippen molar-refractivity contribution in [3.63, 3.8) is 0 Å². The van der Waals surface area contributed by atoms with Gasteiger partial charge in [-0.15, -0.1) is 0 Å². The van der Waals surface area contributed by atoms with Gasteiger partial charge in [0.25, 0.3) is 10.0 Å². The molecule has 37 heavy (non-hydrogen) atoms. The molecule has 0 radical (unpaired) electrons. The molecule has 3 unspecified atom stereocenters. The van der Waals surface area contributed by atoms with Gasteiger partial charge in [0.1, 0.15) is 5.82 Å². The first kappa shape index (κ1) is 27.0. The molecule has 3 N–H and O–H groups in total. The van der Waals surface area contributed by atoms with Crippen molar-refractivity contribution in [1.82, 2.24) is 5.01 Å². The van der Waals surface area contributed by atoms with Crippen LogP contribution in [-0.4, -0.2) is 37.1 Å². The maximum atomic E-state index is 13.2. The highest BCUT2D eigenvalue weighted by atomic mass is 32.2. The Morgan fingerprint density at radius 1 is 1.11 bits per heavy atom. The molecule has 0 spiro atoms. The van der Waals surface area contributed by atoms with Crippen LogP contribution in [0, 0.1) is 11.7 Å². The summed E-state index contributed by atoms with van der Waals surface area (Å²) in [5.74, 6) is -0.197. The van der Waals surface area contributed by atoms with Crippen LogP contribution in [0.25, 0.3) is 0 Å². The first-order valence-electron chi connectivity index (χ1n) is 12.9. The number of sulfonamides is 1. The van der Waals surface area contributed by atoms with E-state index in [1.807, 2.05) is 0 Å². The molecule has 2 aromatic rings. The van der Waals surface area contributed by atoms with Crippen LogP contribution < -0.4 is 10.5 Å². The molecule has 1 aliphatic heterocycles. The molecule has 1 heterocycles. The highest BCUT2D eigenvalue weighted by molar-refractivity contribution is 7.92. The van der Waals surface area contributed by atoms with E-state index in [4.69, 9.17) is 5.73 Å². The Hall–Kier alpha value is -3.04. The van der Waals surface area contributed by atoms with Crippen molar-refractivity contribution in [2.45, 2.75) is 75.8 Å². The average molecular weight is 527 g/mol. The smallest absolute Gasteiger partial charge is 0.261 e. The van der Waals surface area contributed by atoms with E-state index < -0.39 is 15.8 Å². The van der Waals surface area contributed by atoms with Crippen molar-refractivity contribution in [2.75, 3.05) is 4.72 Å². The lowest BCUT2D eigenvalue weighted by Crippen LogP contribution is -2.38. The van der Waals surface area contributed by atoms with E-state index in [1.54, 1.807) is 29.3 Å². The molecule has 3 atom stereocenters. The number of halogens is 1. The second kappa shape index (κ2) is 11.6. The normalized spacial score (nSPS) is 21.9. The summed E-state index contributed by atoms with van der Waals surface area (Å²) in [5, 5.41) is 6.22. The number of benzene rings is 2. The van der Waals surface area contributed by atoms with E-state index in [-0.39, 0.29) is 22.9 Å². The van der Waals surface area contributed by atoms with Crippen molar-refractivity contribution < 1.29 is 17.6 Å². The molecule has 2 aromatic carbocycles. The molecular formula is C28H35FN4O3S. The van der Waals surface area contributed by atoms with E-state index >= 15 is 0 Å². The van der Waals surface area contributed by atoms with Crippen molar-refractivity contribution >= 4 is 27.3 Å². The fourth-order valence-corrected chi connectivity index (χ4v) is 6.14. The average Bonchev–Trinajstić information content (AvgIpc) is 3.32. The van der Waals surface area contributed by atoms with Gasteiger partial charge in [-0.3, -0.25) is 9.52 Å². The molecule has 0 bridgehead atoms. The van der Waals surface area contributed by atoms with E-state index in [2.05, 4.69) is 22.8 Å². The lowest BCUT2D eigenvalue weighted by Gasteiger charge is -2.33. The van der Waals surface area contributed by atoms with E-state index in [9.17, 15) is 17.6 Å². The van der Waals surface area contributed by atoms with Crippen LogP contribution in [0.2, 0.25) is 0 Å². The van der Waals surface area contributed by atoms with E-state index in [1.165, 1.54) is 43.9 Å². The predicted molar refractivity (Wildman–Crippen MR) is 144 cm³/mol. The van der Waals surface area contributed by atoms with Crippen molar-refractivity contribution in [1.29, 1.82) is 0 Å². The highest BCUT2D eigenvalue weighted by Crippen LogP contribution is 2.35. The molecule has 0 fully saturated rings. The Kier molecular flexibility index (Phi) is 8.44. The molecule has 1 amide bonds. The minimum absolute atomic E-state index is 0.0217. The number of amides is 1. The Morgan fingerprint density at radius 2 is 1.81 bits per heavy atom. The molecule has 0 saturated carbocycles. The second-order valence-corrected chi connectivity index (χ2v) is 11.6. The number of nitrogens with two attached hydrogens (primary N) is 1. The lowest BCUT2D eigenvalue weighted by molar-refractivity contribution is -0.129. The number of rotatable bonds is 9. The molecular weight excluding hydrogens is 491 g/mol. The summed E-state index contributed by atoms with van der Waals surface area (Å²) in [5.41, 5.74) is 9.63. The van der Waals surface area contributed by atoms with Gasteiger partial charge in [0, 0.05) is 25.1 Å². The zero-order chi connectivity index (χ0) is 26.6. The third-order valence-corrected chi connectivity index (χ3v) is 8.59. The maximum absolute atomic E-state index is 13.2. The van der Waals surface area contributed by atoms with Gasteiger partial charge in [-0.1, -0.05) is 44.4 Å². The van der Waals surface area contributed by atoms with Crippen LogP contribution in [0.5, 0.6) is 0 Å². The van der Waals surface area contributed by atoms with Crippen LogP contribution in [0.3, 0.4) is 0 Å². The highest BCUT2D eigenvalue weighted by Gasteiger charge is 2.35. The summed E-state index contributed by atoms with van der Waals surface area (Å²) in [7, 11) is -3.84. The summed E-state index contributed by atoms with van der Waals surface area (Å²) >= 11 is 0. The van der Waals surface area contributed by atoms with Gasteiger partial charge < -0.3 is 5.73 Å². The molecule has 4 rings (SSSR count). The SMILES string of the molecule is CCCCCC1CC(C2CC(c3ccc(NS(=O)(=O)c4ccc(F)cc4)cc3)=NN2C(C)=O)=CCC1N. The molecule has 7 nitrogen and oxygen atoms in total. The third-order valence-electron chi connectivity index (χ3n) is 7.19. The number of carbonyl (C=O) groups is 1. The zero-order valence-electron chi connectivity index (χ0n) is 21.4. The number of hydrazone groups is 1. The fraction of sp³-hybridized carbons (Fsp3) is 0.429. The van der Waals surface area contributed by atoms with Crippen LogP contribution in [-0.2, 0) is 14.8 Å². The summed E-state index contributed by atoms with van der Waals surface area (Å²) in [6.45, 7) is 3.72. The van der Waals surface area contributed by atoms with Gasteiger partial charge in [-0.25, -0.2) is 17.8 Å². The Morgan fingerprint density at radius 3 is 2.46 bits per heavy atom. The first-order valence-corrected chi connectivity index (χ1v) is 14.4. The van der Waals surface area contributed by atoms with Crippen molar-refractivity contribution in [2.24, 2.45) is 16.8 Å².